The summed E-state index contributed by atoms with van der Waals surface area (Å²) < 4.78 is 10.5. The van der Waals surface area contributed by atoms with E-state index >= 15 is 0 Å². The lowest BCUT2D eigenvalue weighted by atomic mass is 10.1. The molecule has 0 aromatic carbocycles. The molecule has 118 valence electrons. The number of nitrogens with one attached hydrogen (secondary N) is 1. The Labute approximate surface area is 122 Å². The van der Waals surface area contributed by atoms with Crippen LogP contribution in [-0.4, -0.2) is 89.0 Å². The van der Waals surface area contributed by atoms with Crippen LogP contribution in [0.2, 0.25) is 0 Å². The van der Waals surface area contributed by atoms with E-state index in [4.69, 9.17) is 9.47 Å². The van der Waals surface area contributed by atoms with Gasteiger partial charge in [0.25, 0.3) is 0 Å². The van der Waals surface area contributed by atoms with Crippen LogP contribution in [0.25, 0.3) is 0 Å². The van der Waals surface area contributed by atoms with Crippen LogP contribution in [0.5, 0.6) is 0 Å². The molecule has 0 bridgehead atoms. The molecule has 1 atom stereocenters. The van der Waals surface area contributed by atoms with Gasteiger partial charge in [-0.05, 0) is 27.1 Å². The first kappa shape index (κ1) is 17.4. The number of morpholine rings is 1. The highest BCUT2D eigenvalue weighted by atomic mass is 16.5. The molecule has 20 heavy (non-hydrogen) atoms. The number of carbonyl (C=O) groups excluding carboxylic acids is 1. The topological polar surface area (TPSA) is 54.0 Å². The summed E-state index contributed by atoms with van der Waals surface area (Å²) >= 11 is 0. The van der Waals surface area contributed by atoms with E-state index in [-0.39, 0.29) is 11.9 Å². The Kier molecular flexibility index (Phi) is 8.77. The van der Waals surface area contributed by atoms with E-state index in [1.807, 2.05) is 19.0 Å². The van der Waals surface area contributed by atoms with E-state index < -0.39 is 0 Å². The van der Waals surface area contributed by atoms with Gasteiger partial charge in [-0.15, -0.1) is 0 Å². The van der Waals surface area contributed by atoms with Gasteiger partial charge in [-0.25, -0.2) is 0 Å². The molecule has 6 heteroatoms. The highest BCUT2D eigenvalue weighted by Gasteiger charge is 2.20. The van der Waals surface area contributed by atoms with Crippen molar-refractivity contribution in [1.29, 1.82) is 0 Å². The molecule has 1 aliphatic heterocycles. The normalized spacial score (nSPS) is 19.3. The van der Waals surface area contributed by atoms with Gasteiger partial charge in [0.2, 0.25) is 5.91 Å². The lowest BCUT2D eigenvalue weighted by Crippen LogP contribution is -2.46. The summed E-state index contributed by atoms with van der Waals surface area (Å²) in [6.07, 6.45) is 1.49. The Hall–Kier alpha value is -0.690. The molecular weight excluding hydrogens is 258 g/mol. The van der Waals surface area contributed by atoms with Crippen molar-refractivity contribution >= 4 is 5.91 Å². The fourth-order valence-electron chi connectivity index (χ4n) is 2.23. The number of rotatable bonds is 9. The Morgan fingerprint density at radius 2 is 2.15 bits per heavy atom. The predicted molar refractivity (Wildman–Crippen MR) is 78.9 cm³/mol. The Balaban J connectivity index is 2.36. The standard InChI is InChI=1S/C14H29N3O3/c1-16(2)6-4-7-17(8-10-19-3)14(18)11-13-12-20-9-5-15-13/h13,15H,4-12H2,1-3H3. The van der Waals surface area contributed by atoms with E-state index in [0.29, 0.717) is 26.2 Å². The zero-order valence-corrected chi connectivity index (χ0v) is 13.1. The van der Waals surface area contributed by atoms with Gasteiger partial charge in [0.1, 0.15) is 0 Å². The Bertz CT molecular complexity index is 268. The summed E-state index contributed by atoms with van der Waals surface area (Å²) in [7, 11) is 5.76. The second-order valence-electron chi connectivity index (χ2n) is 5.46. The first-order valence-corrected chi connectivity index (χ1v) is 7.36. The zero-order chi connectivity index (χ0) is 14.8. The van der Waals surface area contributed by atoms with Crippen LogP contribution in [0.15, 0.2) is 0 Å². The molecule has 1 saturated heterocycles. The van der Waals surface area contributed by atoms with E-state index in [1.54, 1.807) is 7.11 Å². The van der Waals surface area contributed by atoms with Gasteiger partial charge in [0.15, 0.2) is 0 Å². The van der Waals surface area contributed by atoms with Crippen molar-refractivity contribution in [1.82, 2.24) is 15.1 Å². The van der Waals surface area contributed by atoms with E-state index in [0.717, 1.165) is 32.7 Å². The van der Waals surface area contributed by atoms with Crippen molar-refractivity contribution in [2.75, 3.05) is 67.2 Å². The van der Waals surface area contributed by atoms with E-state index in [1.165, 1.54) is 0 Å². The lowest BCUT2D eigenvalue weighted by molar-refractivity contribution is -0.133. The molecule has 1 N–H and O–H groups in total. The number of ether oxygens (including phenoxy) is 2. The zero-order valence-electron chi connectivity index (χ0n) is 13.1. The van der Waals surface area contributed by atoms with Crippen LogP contribution >= 0.6 is 0 Å². The van der Waals surface area contributed by atoms with Crippen LogP contribution in [-0.2, 0) is 14.3 Å². The average molecular weight is 287 g/mol. The Morgan fingerprint density at radius 1 is 1.35 bits per heavy atom. The van der Waals surface area contributed by atoms with Gasteiger partial charge >= 0.3 is 0 Å². The van der Waals surface area contributed by atoms with Crippen LogP contribution in [0.4, 0.5) is 0 Å². The third-order valence-corrected chi connectivity index (χ3v) is 3.37. The van der Waals surface area contributed by atoms with Gasteiger partial charge in [-0.1, -0.05) is 0 Å². The van der Waals surface area contributed by atoms with Crippen LogP contribution in [0.3, 0.4) is 0 Å². The van der Waals surface area contributed by atoms with Crippen LogP contribution in [0.1, 0.15) is 12.8 Å². The Morgan fingerprint density at radius 3 is 2.75 bits per heavy atom. The maximum atomic E-state index is 12.4. The number of amides is 1. The first-order chi connectivity index (χ1) is 9.63. The lowest BCUT2D eigenvalue weighted by Gasteiger charge is -2.28. The minimum absolute atomic E-state index is 0.148. The van der Waals surface area contributed by atoms with E-state index in [2.05, 4.69) is 10.2 Å². The largest absolute Gasteiger partial charge is 0.383 e. The summed E-state index contributed by atoms with van der Waals surface area (Å²) in [6, 6.07) is 0.148. The quantitative estimate of drug-likeness (QED) is 0.636. The molecule has 0 aromatic rings. The molecule has 0 saturated carbocycles. The number of hydrogen-bond acceptors (Lipinski definition) is 5. The van der Waals surface area contributed by atoms with Gasteiger partial charge in [-0.2, -0.15) is 0 Å². The molecule has 0 spiro atoms. The van der Waals surface area contributed by atoms with Crippen molar-refractivity contribution in [3.8, 4) is 0 Å². The SMILES string of the molecule is COCCN(CCCN(C)C)C(=O)CC1COCCN1. The summed E-state index contributed by atoms with van der Waals surface area (Å²) in [5.41, 5.74) is 0. The maximum absolute atomic E-state index is 12.4. The van der Waals surface area contributed by atoms with Crippen molar-refractivity contribution in [2.45, 2.75) is 18.9 Å². The monoisotopic (exact) mass is 287 g/mol. The minimum atomic E-state index is 0.148. The van der Waals surface area contributed by atoms with E-state index in [9.17, 15) is 4.79 Å². The van der Waals surface area contributed by atoms with Crippen molar-refractivity contribution in [2.24, 2.45) is 0 Å². The minimum Gasteiger partial charge on any atom is -0.383 e. The van der Waals surface area contributed by atoms with Gasteiger partial charge in [0, 0.05) is 39.2 Å². The third kappa shape index (κ3) is 7.19. The fourth-order valence-corrected chi connectivity index (χ4v) is 2.23. The van der Waals surface area contributed by atoms with Gasteiger partial charge < -0.3 is 24.6 Å². The second kappa shape index (κ2) is 10.1. The van der Waals surface area contributed by atoms with Crippen molar-refractivity contribution in [3.63, 3.8) is 0 Å². The van der Waals surface area contributed by atoms with Crippen LogP contribution < -0.4 is 5.32 Å². The molecule has 1 unspecified atom stereocenters. The fraction of sp³-hybridized carbons (Fsp3) is 0.929. The molecule has 0 aliphatic carbocycles. The number of methoxy groups -OCH3 is 1. The summed E-state index contributed by atoms with van der Waals surface area (Å²) in [5, 5.41) is 3.32. The van der Waals surface area contributed by atoms with Gasteiger partial charge in [-0.3, -0.25) is 4.79 Å². The maximum Gasteiger partial charge on any atom is 0.224 e. The van der Waals surface area contributed by atoms with Crippen molar-refractivity contribution in [3.05, 3.63) is 0 Å². The number of hydrogen-bond donors (Lipinski definition) is 1. The molecule has 0 radical (unpaired) electrons. The van der Waals surface area contributed by atoms with Crippen molar-refractivity contribution < 1.29 is 14.3 Å². The number of nitrogens with zero attached hydrogens (tertiary/aromatic N) is 2. The highest BCUT2D eigenvalue weighted by molar-refractivity contribution is 5.76. The smallest absolute Gasteiger partial charge is 0.224 e. The summed E-state index contributed by atoms with van der Waals surface area (Å²) in [6.45, 7) is 5.22. The molecular formula is C14H29N3O3. The molecule has 1 heterocycles. The summed E-state index contributed by atoms with van der Waals surface area (Å²) in [4.78, 5) is 16.4. The van der Waals surface area contributed by atoms with Crippen LogP contribution in [0, 0.1) is 0 Å². The predicted octanol–water partition coefficient (Wildman–Crippen LogP) is -0.208. The number of carbonyl (C=O) groups is 1. The molecule has 1 amide bonds. The second-order valence-corrected chi connectivity index (χ2v) is 5.46. The average Bonchev–Trinajstić information content (AvgIpc) is 2.43. The first-order valence-electron chi connectivity index (χ1n) is 7.36. The molecule has 1 aliphatic rings. The van der Waals surface area contributed by atoms with Gasteiger partial charge in [0.05, 0.1) is 19.8 Å². The molecule has 6 nitrogen and oxygen atoms in total. The third-order valence-electron chi connectivity index (χ3n) is 3.37. The molecule has 1 rings (SSSR count). The molecule has 0 aromatic heterocycles. The highest BCUT2D eigenvalue weighted by Crippen LogP contribution is 2.04. The summed E-state index contributed by atoms with van der Waals surface area (Å²) in [5.74, 6) is 0.184. The molecule has 1 fully saturated rings.